The van der Waals surface area contributed by atoms with E-state index >= 15 is 0 Å². The van der Waals surface area contributed by atoms with Crippen molar-refractivity contribution in [1.29, 1.82) is 0 Å². The highest BCUT2D eigenvalue weighted by molar-refractivity contribution is 5.59. The zero-order valence-corrected chi connectivity index (χ0v) is 8.06. The van der Waals surface area contributed by atoms with E-state index in [1.54, 1.807) is 7.11 Å². The lowest BCUT2D eigenvalue weighted by atomic mass is 10.2. The van der Waals surface area contributed by atoms with E-state index in [0.717, 1.165) is 11.3 Å². The summed E-state index contributed by atoms with van der Waals surface area (Å²) >= 11 is 0. The Labute approximate surface area is 82.2 Å². The number of nitrogens with zero attached hydrogens (tertiary/aromatic N) is 1. The summed E-state index contributed by atoms with van der Waals surface area (Å²) in [6.45, 7) is 0. The molecule has 0 radical (unpaired) electrons. The molecule has 1 aromatic rings. The fraction of sp³-hybridized carbons (Fsp3) is 0.200. The smallest absolute Gasteiger partial charge is 0.254 e. The van der Waals surface area contributed by atoms with Crippen LogP contribution in [0.2, 0.25) is 0 Å². The maximum atomic E-state index is 5.40. The standard InChI is InChI=1S/C10H11NO3/c1-12-10-7-8-5-3-4-6-9(8)14-11(10)13-2/h3-7H,1-2H3. The van der Waals surface area contributed by atoms with Crippen molar-refractivity contribution < 1.29 is 14.4 Å². The number of benzene rings is 1. The summed E-state index contributed by atoms with van der Waals surface area (Å²) in [5.41, 5.74) is 0.970. The van der Waals surface area contributed by atoms with Crippen LogP contribution in [-0.2, 0) is 9.57 Å². The molecule has 74 valence electrons. The Bertz CT molecular complexity index is 362. The summed E-state index contributed by atoms with van der Waals surface area (Å²) in [6, 6.07) is 7.65. The maximum Gasteiger partial charge on any atom is 0.254 e. The molecule has 0 unspecified atom stereocenters. The lowest BCUT2D eigenvalue weighted by Crippen LogP contribution is -2.29. The van der Waals surface area contributed by atoms with Gasteiger partial charge in [-0.05, 0) is 11.3 Å². The van der Waals surface area contributed by atoms with Gasteiger partial charge in [-0.3, -0.25) is 0 Å². The predicted octanol–water partition coefficient (Wildman–Crippen LogP) is 1.80. The van der Waals surface area contributed by atoms with Gasteiger partial charge in [0.05, 0.1) is 14.2 Å². The third kappa shape index (κ3) is 1.40. The lowest BCUT2D eigenvalue weighted by molar-refractivity contribution is -0.298. The Morgan fingerprint density at radius 3 is 2.71 bits per heavy atom. The average Bonchev–Trinajstić information content (AvgIpc) is 2.27. The summed E-state index contributed by atoms with van der Waals surface area (Å²) < 4.78 is 5.09. The van der Waals surface area contributed by atoms with Crippen LogP contribution >= 0.6 is 0 Å². The molecule has 0 aliphatic carbocycles. The number of hydrogen-bond acceptors (Lipinski definition) is 4. The number of methoxy groups -OCH3 is 1. The van der Waals surface area contributed by atoms with Crippen molar-refractivity contribution >= 4 is 6.08 Å². The second kappa shape index (κ2) is 3.59. The van der Waals surface area contributed by atoms with Crippen molar-refractivity contribution in [3.8, 4) is 5.75 Å². The summed E-state index contributed by atoms with van der Waals surface area (Å²) in [6.07, 6.45) is 1.85. The first-order valence-corrected chi connectivity index (χ1v) is 4.22. The van der Waals surface area contributed by atoms with Gasteiger partial charge in [0.1, 0.15) is 0 Å². The Balaban J connectivity index is 2.39. The molecule has 1 heterocycles. The molecule has 0 saturated heterocycles. The SMILES string of the molecule is COC1=Cc2ccccc2ON1OC. The molecule has 0 N–H and O–H groups in total. The van der Waals surface area contributed by atoms with E-state index in [-0.39, 0.29) is 0 Å². The van der Waals surface area contributed by atoms with Crippen molar-refractivity contribution in [2.75, 3.05) is 14.2 Å². The molecule has 1 aliphatic heterocycles. The molecule has 4 heteroatoms. The molecule has 2 rings (SSSR count). The summed E-state index contributed by atoms with van der Waals surface area (Å²) in [5, 5.41) is 1.22. The monoisotopic (exact) mass is 193 g/mol. The van der Waals surface area contributed by atoms with Crippen LogP contribution in [0.5, 0.6) is 5.75 Å². The Morgan fingerprint density at radius 2 is 2.00 bits per heavy atom. The Hall–Kier alpha value is -1.68. The van der Waals surface area contributed by atoms with Gasteiger partial charge in [-0.15, -0.1) is 0 Å². The van der Waals surface area contributed by atoms with E-state index in [0.29, 0.717) is 5.88 Å². The molecule has 0 aromatic heterocycles. The zero-order chi connectivity index (χ0) is 9.97. The second-order valence-electron chi connectivity index (χ2n) is 2.76. The van der Waals surface area contributed by atoms with Crippen LogP contribution in [0.1, 0.15) is 5.56 Å². The summed E-state index contributed by atoms with van der Waals surface area (Å²) in [4.78, 5) is 10.4. The van der Waals surface area contributed by atoms with Crippen molar-refractivity contribution in [3.63, 3.8) is 0 Å². The number of hydroxylamine groups is 2. The predicted molar refractivity (Wildman–Crippen MR) is 50.9 cm³/mol. The van der Waals surface area contributed by atoms with Gasteiger partial charge in [-0.1, -0.05) is 18.2 Å². The molecule has 0 spiro atoms. The van der Waals surface area contributed by atoms with Crippen molar-refractivity contribution in [3.05, 3.63) is 35.7 Å². The van der Waals surface area contributed by atoms with Gasteiger partial charge < -0.3 is 9.57 Å². The Morgan fingerprint density at radius 1 is 1.21 bits per heavy atom. The number of hydrogen-bond donors (Lipinski definition) is 0. The molecule has 0 fully saturated rings. The number of para-hydroxylation sites is 1. The molecular formula is C10H11NO3. The van der Waals surface area contributed by atoms with E-state index in [2.05, 4.69) is 0 Å². The van der Waals surface area contributed by atoms with Gasteiger partial charge in [-0.25, -0.2) is 4.84 Å². The number of ether oxygens (including phenoxy) is 1. The van der Waals surface area contributed by atoms with Crippen LogP contribution < -0.4 is 4.84 Å². The number of rotatable bonds is 2. The van der Waals surface area contributed by atoms with Crippen LogP contribution in [0, 0.1) is 0 Å². The first kappa shape index (κ1) is 8.90. The highest BCUT2D eigenvalue weighted by Gasteiger charge is 2.19. The molecule has 0 atom stereocenters. The van der Waals surface area contributed by atoms with Gasteiger partial charge in [-0.2, -0.15) is 0 Å². The topological polar surface area (TPSA) is 30.9 Å². The lowest BCUT2D eigenvalue weighted by Gasteiger charge is -2.26. The van der Waals surface area contributed by atoms with Gasteiger partial charge in [0, 0.05) is 11.6 Å². The van der Waals surface area contributed by atoms with Gasteiger partial charge >= 0.3 is 0 Å². The highest BCUT2D eigenvalue weighted by atomic mass is 17.0. The second-order valence-corrected chi connectivity index (χ2v) is 2.76. The van der Waals surface area contributed by atoms with Crippen LogP contribution in [0.15, 0.2) is 30.1 Å². The molecule has 1 aliphatic rings. The minimum atomic E-state index is 0.520. The van der Waals surface area contributed by atoms with Crippen LogP contribution in [0.3, 0.4) is 0 Å². The van der Waals surface area contributed by atoms with Crippen molar-refractivity contribution in [1.82, 2.24) is 5.23 Å². The third-order valence-corrected chi connectivity index (χ3v) is 1.93. The minimum Gasteiger partial charge on any atom is -0.479 e. The van der Waals surface area contributed by atoms with Gasteiger partial charge in [0.2, 0.25) is 0 Å². The summed E-state index contributed by atoms with van der Waals surface area (Å²) in [7, 11) is 3.08. The first-order valence-electron chi connectivity index (χ1n) is 4.22. The van der Waals surface area contributed by atoms with E-state index in [9.17, 15) is 0 Å². The van der Waals surface area contributed by atoms with E-state index in [4.69, 9.17) is 14.4 Å². The largest absolute Gasteiger partial charge is 0.479 e. The summed E-state index contributed by atoms with van der Waals surface area (Å²) in [5.74, 6) is 1.27. The molecule has 0 saturated carbocycles. The van der Waals surface area contributed by atoms with Crippen LogP contribution in [0.25, 0.3) is 6.08 Å². The molecule has 0 amide bonds. The van der Waals surface area contributed by atoms with E-state index in [1.807, 2.05) is 30.3 Å². The van der Waals surface area contributed by atoms with Crippen molar-refractivity contribution in [2.45, 2.75) is 0 Å². The minimum absolute atomic E-state index is 0.520. The fourth-order valence-corrected chi connectivity index (χ4v) is 1.26. The van der Waals surface area contributed by atoms with Crippen LogP contribution in [-0.4, -0.2) is 19.4 Å². The fourth-order valence-electron chi connectivity index (χ4n) is 1.26. The van der Waals surface area contributed by atoms with Crippen molar-refractivity contribution in [2.24, 2.45) is 0 Å². The number of fused-ring (bicyclic) bond motifs is 1. The maximum absolute atomic E-state index is 5.40. The quantitative estimate of drug-likeness (QED) is 0.716. The van der Waals surface area contributed by atoms with Crippen LogP contribution in [0.4, 0.5) is 0 Å². The zero-order valence-electron chi connectivity index (χ0n) is 8.06. The molecule has 0 bridgehead atoms. The molecule has 1 aromatic carbocycles. The van der Waals surface area contributed by atoms with E-state index in [1.165, 1.54) is 12.3 Å². The molecule has 14 heavy (non-hydrogen) atoms. The molecule has 4 nitrogen and oxygen atoms in total. The normalized spacial score (nSPS) is 14.1. The van der Waals surface area contributed by atoms with Gasteiger partial charge in [0.25, 0.3) is 5.88 Å². The van der Waals surface area contributed by atoms with E-state index < -0.39 is 0 Å². The Kier molecular flexibility index (Phi) is 2.28. The average molecular weight is 193 g/mol. The van der Waals surface area contributed by atoms with Gasteiger partial charge in [0.15, 0.2) is 5.75 Å². The first-order chi connectivity index (χ1) is 6.85. The highest BCUT2D eigenvalue weighted by Crippen LogP contribution is 2.28. The molecular weight excluding hydrogens is 182 g/mol. The third-order valence-electron chi connectivity index (χ3n) is 1.93.